The van der Waals surface area contributed by atoms with E-state index in [0.29, 0.717) is 13.2 Å². The van der Waals surface area contributed by atoms with Crippen molar-refractivity contribution in [2.75, 3.05) is 26.9 Å². The normalized spacial score (nSPS) is 15.2. The fourth-order valence-corrected chi connectivity index (χ4v) is 1.38. The molecule has 4 nitrogen and oxygen atoms in total. The Kier molecular flexibility index (Phi) is 10.3. The summed E-state index contributed by atoms with van der Waals surface area (Å²) in [5.41, 5.74) is 5.77. The average Bonchev–Trinajstić information content (AvgIpc) is 2.23. The molecule has 0 spiro atoms. The summed E-state index contributed by atoms with van der Waals surface area (Å²) in [7, 11) is 1.59. The van der Waals surface area contributed by atoms with Gasteiger partial charge in [0.15, 0.2) is 0 Å². The highest BCUT2D eigenvalue weighted by Gasteiger charge is 2.16. The second-order valence-electron chi connectivity index (χ2n) is 3.77. The van der Waals surface area contributed by atoms with Crippen molar-refractivity contribution >= 4 is 0 Å². The lowest BCUT2D eigenvalue weighted by molar-refractivity contribution is -0.0190. The van der Waals surface area contributed by atoms with Gasteiger partial charge in [-0.3, -0.25) is 0 Å². The molecule has 0 fully saturated rings. The summed E-state index contributed by atoms with van der Waals surface area (Å²) in [6.45, 7) is 3.22. The molecule has 0 radical (unpaired) electrons. The Morgan fingerprint density at radius 1 is 1.27 bits per heavy atom. The number of aliphatic hydroxyl groups excluding tert-OH is 1. The van der Waals surface area contributed by atoms with E-state index in [9.17, 15) is 0 Å². The number of rotatable bonds is 10. The molecule has 15 heavy (non-hydrogen) atoms. The minimum atomic E-state index is -0.299. The summed E-state index contributed by atoms with van der Waals surface area (Å²) in [6.07, 6.45) is 4.36. The summed E-state index contributed by atoms with van der Waals surface area (Å²) < 4.78 is 10.4. The zero-order valence-corrected chi connectivity index (χ0v) is 9.95. The summed E-state index contributed by atoms with van der Waals surface area (Å²) >= 11 is 0. The molecule has 0 bridgehead atoms. The van der Waals surface area contributed by atoms with Gasteiger partial charge in [0.05, 0.1) is 25.4 Å². The van der Waals surface area contributed by atoms with E-state index in [0.717, 1.165) is 6.42 Å². The van der Waals surface area contributed by atoms with Gasteiger partial charge in [-0.25, -0.2) is 0 Å². The van der Waals surface area contributed by atoms with Gasteiger partial charge in [0.1, 0.15) is 0 Å². The molecule has 2 unspecified atom stereocenters. The zero-order valence-electron chi connectivity index (χ0n) is 9.95. The lowest BCUT2D eigenvalue weighted by atomic mass is 10.2. The first-order valence-electron chi connectivity index (χ1n) is 5.73. The van der Waals surface area contributed by atoms with Crippen molar-refractivity contribution in [3.8, 4) is 0 Å². The van der Waals surface area contributed by atoms with Crippen LogP contribution in [0.3, 0.4) is 0 Å². The maximum Gasteiger partial charge on any atom is 0.0978 e. The van der Waals surface area contributed by atoms with Crippen molar-refractivity contribution in [2.45, 2.75) is 44.8 Å². The van der Waals surface area contributed by atoms with Gasteiger partial charge in [-0.05, 0) is 6.42 Å². The maximum atomic E-state index is 9.07. The largest absolute Gasteiger partial charge is 0.394 e. The van der Waals surface area contributed by atoms with E-state index in [4.69, 9.17) is 20.3 Å². The Morgan fingerprint density at radius 3 is 2.53 bits per heavy atom. The molecule has 0 aliphatic rings. The van der Waals surface area contributed by atoms with Crippen molar-refractivity contribution in [1.29, 1.82) is 0 Å². The number of methoxy groups -OCH3 is 1. The zero-order chi connectivity index (χ0) is 11.5. The standard InChI is InChI=1S/C11H25NO3/c1-3-4-5-6-7-15-11(8-13)10(12)9-14-2/h10-11,13H,3-9,12H2,1-2H3. The van der Waals surface area contributed by atoms with Crippen LogP contribution in [0.2, 0.25) is 0 Å². The van der Waals surface area contributed by atoms with Crippen molar-refractivity contribution in [1.82, 2.24) is 0 Å². The van der Waals surface area contributed by atoms with Gasteiger partial charge in [0.25, 0.3) is 0 Å². The first-order chi connectivity index (χ1) is 7.26. The van der Waals surface area contributed by atoms with E-state index in [2.05, 4.69) is 6.92 Å². The van der Waals surface area contributed by atoms with Crippen LogP contribution in [-0.4, -0.2) is 44.2 Å². The molecule has 0 saturated carbocycles. The quantitative estimate of drug-likeness (QED) is 0.536. The minimum absolute atomic E-state index is 0.0433. The molecule has 0 amide bonds. The van der Waals surface area contributed by atoms with Crippen LogP contribution >= 0.6 is 0 Å². The Labute approximate surface area is 92.7 Å². The van der Waals surface area contributed by atoms with Crippen LogP contribution in [0.1, 0.15) is 32.6 Å². The van der Waals surface area contributed by atoms with Crippen LogP contribution < -0.4 is 5.73 Å². The molecular formula is C11H25NO3. The van der Waals surface area contributed by atoms with Crippen molar-refractivity contribution in [2.24, 2.45) is 5.73 Å². The summed E-state index contributed by atoms with van der Waals surface area (Å²) in [6, 6.07) is -0.244. The highest BCUT2D eigenvalue weighted by atomic mass is 16.5. The molecule has 0 aromatic heterocycles. The molecule has 0 aliphatic carbocycles. The third-order valence-electron chi connectivity index (χ3n) is 2.35. The van der Waals surface area contributed by atoms with E-state index in [1.54, 1.807) is 7.11 Å². The first-order valence-corrected chi connectivity index (χ1v) is 5.73. The van der Waals surface area contributed by atoms with Crippen molar-refractivity contribution in [3.05, 3.63) is 0 Å². The van der Waals surface area contributed by atoms with Crippen LogP contribution in [0.25, 0.3) is 0 Å². The van der Waals surface area contributed by atoms with Crippen molar-refractivity contribution in [3.63, 3.8) is 0 Å². The molecule has 0 aromatic rings. The van der Waals surface area contributed by atoms with Crippen molar-refractivity contribution < 1.29 is 14.6 Å². The molecule has 0 heterocycles. The third-order valence-corrected chi connectivity index (χ3v) is 2.35. The van der Waals surface area contributed by atoms with E-state index < -0.39 is 0 Å². The van der Waals surface area contributed by atoms with E-state index in [-0.39, 0.29) is 18.8 Å². The van der Waals surface area contributed by atoms with Gasteiger partial charge >= 0.3 is 0 Å². The number of ether oxygens (including phenoxy) is 2. The fraction of sp³-hybridized carbons (Fsp3) is 1.00. The Bertz CT molecular complexity index is 133. The van der Waals surface area contributed by atoms with Gasteiger partial charge in [-0.2, -0.15) is 0 Å². The monoisotopic (exact) mass is 219 g/mol. The number of aliphatic hydroxyl groups is 1. The highest BCUT2D eigenvalue weighted by molar-refractivity contribution is 4.72. The number of hydrogen-bond acceptors (Lipinski definition) is 4. The van der Waals surface area contributed by atoms with Gasteiger partial charge in [-0.15, -0.1) is 0 Å². The highest BCUT2D eigenvalue weighted by Crippen LogP contribution is 2.03. The second kappa shape index (κ2) is 10.4. The topological polar surface area (TPSA) is 64.7 Å². The van der Waals surface area contributed by atoms with Gasteiger partial charge < -0.3 is 20.3 Å². The first kappa shape index (κ1) is 14.8. The Morgan fingerprint density at radius 2 is 2.00 bits per heavy atom. The predicted molar refractivity (Wildman–Crippen MR) is 60.8 cm³/mol. The molecule has 3 N–H and O–H groups in total. The number of unbranched alkanes of at least 4 members (excludes halogenated alkanes) is 3. The fourth-order valence-electron chi connectivity index (χ4n) is 1.38. The Balaban J connectivity index is 3.51. The molecule has 4 heteroatoms. The molecule has 0 saturated heterocycles. The van der Waals surface area contributed by atoms with Crippen LogP contribution in [0.5, 0.6) is 0 Å². The lowest BCUT2D eigenvalue weighted by Gasteiger charge is -2.21. The number of hydrogen-bond donors (Lipinski definition) is 2. The predicted octanol–water partition coefficient (Wildman–Crippen LogP) is 0.918. The molecular weight excluding hydrogens is 194 g/mol. The van der Waals surface area contributed by atoms with Crippen LogP contribution in [0, 0.1) is 0 Å². The smallest absolute Gasteiger partial charge is 0.0978 e. The van der Waals surface area contributed by atoms with Gasteiger partial charge in [0.2, 0.25) is 0 Å². The molecule has 0 rings (SSSR count). The van der Waals surface area contributed by atoms with E-state index in [1.807, 2.05) is 0 Å². The SMILES string of the molecule is CCCCCCOC(CO)C(N)COC. The molecule has 2 atom stereocenters. The molecule has 0 aliphatic heterocycles. The summed E-state index contributed by atoms with van der Waals surface area (Å²) in [5, 5.41) is 9.07. The van der Waals surface area contributed by atoms with Crippen LogP contribution in [-0.2, 0) is 9.47 Å². The maximum absolute atomic E-state index is 9.07. The van der Waals surface area contributed by atoms with Gasteiger partial charge in [-0.1, -0.05) is 26.2 Å². The number of nitrogens with two attached hydrogens (primary N) is 1. The summed E-state index contributed by atoms with van der Waals surface area (Å²) in [5.74, 6) is 0. The minimum Gasteiger partial charge on any atom is -0.394 e. The Hall–Kier alpha value is -0.160. The van der Waals surface area contributed by atoms with Crippen LogP contribution in [0.4, 0.5) is 0 Å². The third kappa shape index (κ3) is 7.73. The average molecular weight is 219 g/mol. The molecule has 0 aromatic carbocycles. The summed E-state index contributed by atoms with van der Waals surface area (Å²) in [4.78, 5) is 0. The van der Waals surface area contributed by atoms with Gasteiger partial charge in [0, 0.05) is 13.7 Å². The van der Waals surface area contributed by atoms with E-state index in [1.165, 1.54) is 19.3 Å². The molecule has 92 valence electrons. The second-order valence-corrected chi connectivity index (χ2v) is 3.77. The lowest BCUT2D eigenvalue weighted by Crippen LogP contribution is -2.42. The van der Waals surface area contributed by atoms with E-state index >= 15 is 0 Å². The van der Waals surface area contributed by atoms with Crippen LogP contribution in [0.15, 0.2) is 0 Å².